The van der Waals surface area contributed by atoms with Crippen LogP contribution >= 0.6 is 11.6 Å². The van der Waals surface area contributed by atoms with Crippen LogP contribution in [0.5, 0.6) is 0 Å². The number of aryl methyl sites for hydroxylation is 1. The van der Waals surface area contributed by atoms with Gasteiger partial charge in [-0.15, -0.1) is 0 Å². The monoisotopic (exact) mass is 266 g/mol. The Labute approximate surface area is 111 Å². The van der Waals surface area contributed by atoms with Crippen molar-refractivity contribution in [1.82, 2.24) is 0 Å². The zero-order chi connectivity index (χ0) is 12.7. The van der Waals surface area contributed by atoms with Gasteiger partial charge in [-0.05, 0) is 49.1 Å². The van der Waals surface area contributed by atoms with E-state index in [0.29, 0.717) is 24.2 Å². The lowest BCUT2D eigenvalue weighted by Crippen LogP contribution is -2.13. The highest BCUT2D eigenvalue weighted by atomic mass is 35.5. The van der Waals surface area contributed by atoms with Gasteiger partial charge in [0, 0.05) is 12.3 Å². The third-order valence-corrected chi connectivity index (χ3v) is 4.66. The molecule has 0 bridgehead atoms. The summed E-state index contributed by atoms with van der Waals surface area (Å²) in [4.78, 5) is 12.0. The Morgan fingerprint density at radius 3 is 2.72 bits per heavy atom. The molecule has 0 spiro atoms. The molecule has 1 aromatic rings. The van der Waals surface area contributed by atoms with Crippen LogP contribution in [0.3, 0.4) is 0 Å². The molecule has 0 saturated heterocycles. The van der Waals surface area contributed by atoms with E-state index in [-0.39, 0.29) is 16.8 Å². The average Bonchev–Trinajstić information content (AvgIpc) is 2.97. The van der Waals surface area contributed by atoms with Crippen LogP contribution in [0, 0.1) is 23.6 Å². The summed E-state index contributed by atoms with van der Waals surface area (Å²) in [5.74, 6) is 1.82. The number of benzene rings is 1. The molecule has 1 aromatic carbocycles. The van der Waals surface area contributed by atoms with E-state index >= 15 is 0 Å². The molecule has 0 heterocycles. The van der Waals surface area contributed by atoms with Gasteiger partial charge in [-0.25, -0.2) is 4.39 Å². The van der Waals surface area contributed by atoms with Crippen molar-refractivity contribution in [3.05, 3.63) is 34.6 Å². The molecule has 0 radical (unpaired) electrons. The van der Waals surface area contributed by atoms with Gasteiger partial charge in [-0.2, -0.15) is 0 Å². The molecule has 0 aromatic heterocycles. The molecule has 3 atom stereocenters. The molecule has 96 valence electrons. The minimum absolute atomic E-state index is 0.141. The van der Waals surface area contributed by atoms with Crippen LogP contribution in [0.1, 0.15) is 31.2 Å². The maximum absolute atomic E-state index is 13.7. The van der Waals surface area contributed by atoms with Crippen LogP contribution in [0.25, 0.3) is 0 Å². The summed E-state index contributed by atoms with van der Waals surface area (Å²) in [7, 11) is 0. The molecule has 0 N–H and O–H groups in total. The molecular formula is C15H16ClFO. The summed E-state index contributed by atoms with van der Waals surface area (Å²) in [6, 6.07) is 4.98. The second-order valence-electron chi connectivity index (χ2n) is 5.60. The molecule has 0 aliphatic heterocycles. The number of halogens is 2. The summed E-state index contributed by atoms with van der Waals surface area (Å²) in [5.41, 5.74) is 0.555. The quantitative estimate of drug-likeness (QED) is 0.804. The van der Waals surface area contributed by atoms with Gasteiger partial charge < -0.3 is 0 Å². The lowest BCUT2D eigenvalue weighted by molar-refractivity contribution is -0.122. The number of fused-ring (bicyclic) bond motifs is 1. The number of carbonyl (C=O) groups is 1. The Balaban J connectivity index is 1.57. The predicted molar refractivity (Wildman–Crippen MR) is 69.1 cm³/mol. The molecule has 3 rings (SSSR count). The van der Waals surface area contributed by atoms with E-state index in [1.54, 1.807) is 12.1 Å². The molecule has 2 aliphatic carbocycles. The van der Waals surface area contributed by atoms with Crippen molar-refractivity contribution in [3.8, 4) is 0 Å². The average molecular weight is 267 g/mol. The fourth-order valence-corrected chi connectivity index (χ4v) is 3.38. The third kappa shape index (κ3) is 2.31. The molecule has 2 aliphatic rings. The normalized spacial score (nSPS) is 29.1. The Morgan fingerprint density at radius 1 is 1.28 bits per heavy atom. The van der Waals surface area contributed by atoms with Crippen LogP contribution in [0.4, 0.5) is 4.39 Å². The zero-order valence-corrected chi connectivity index (χ0v) is 10.9. The van der Waals surface area contributed by atoms with E-state index in [1.165, 1.54) is 12.5 Å². The largest absolute Gasteiger partial charge is 0.299 e. The first-order valence-corrected chi connectivity index (χ1v) is 6.98. The molecule has 1 unspecified atom stereocenters. The SMILES string of the molecule is O=C(CCc1cccc(Cl)c1F)C1C[C@@H]2C[C@@H]2C1. The van der Waals surface area contributed by atoms with E-state index in [9.17, 15) is 9.18 Å². The van der Waals surface area contributed by atoms with Gasteiger partial charge in [0.1, 0.15) is 11.6 Å². The summed E-state index contributed by atoms with van der Waals surface area (Å²) in [6.07, 6.45) is 4.38. The lowest BCUT2D eigenvalue weighted by Gasteiger charge is -2.10. The molecule has 3 heteroatoms. The maximum Gasteiger partial charge on any atom is 0.144 e. The smallest absolute Gasteiger partial charge is 0.144 e. The van der Waals surface area contributed by atoms with Crippen molar-refractivity contribution in [3.63, 3.8) is 0 Å². The van der Waals surface area contributed by atoms with Gasteiger partial charge in [0.05, 0.1) is 5.02 Å². The van der Waals surface area contributed by atoms with E-state index in [1.807, 2.05) is 0 Å². The Bertz CT molecular complexity index is 475. The number of hydrogen-bond acceptors (Lipinski definition) is 1. The Morgan fingerprint density at radius 2 is 2.00 bits per heavy atom. The fourth-order valence-electron chi connectivity index (χ4n) is 3.18. The van der Waals surface area contributed by atoms with Gasteiger partial charge in [-0.3, -0.25) is 4.79 Å². The number of carbonyl (C=O) groups excluding carboxylic acids is 1. The minimum Gasteiger partial charge on any atom is -0.299 e. The molecule has 0 amide bonds. The predicted octanol–water partition coefficient (Wildman–Crippen LogP) is 4.03. The first kappa shape index (κ1) is 12.2. The summed E-state index contributed by atoms with van der Waals surface area (Å²) in [5, 5.41) is 0.141. The number of hydrogen-bond donors (Lipinski definition) is 0. The van der Waals surface area contributed by atoms with Crippen LogP contribution < -0.4 is 0 Å². The van der Waals surface area contributed by atoms with Gasteiger partial charge in [0.15, 0.2) is 0 Å². The highest BCUT2D eigenvalue weighted by Gasteiger charge is 2.47. The zero-order valence-electron chi connectivity index (χ0n) is 10.2. The summed E-state index contributed by atoms with van der Waals surface area (Å²) in [6.45, 7) is 0. The number of Topliss-reactive ketones (excluding diaryl/α,β-unsaturated/α-hetero) is 1. The highest BCUT2D eigenvalue weighted by molar-refractivity contribution is 6.30. The van der Waals surface area contributed by atoms with Crippen molar-refractivity contribution in [2.45, 2.75) is 32.1 Å². The standard InChI is InChI=1S/C15H16ClFO/c16-13-3-1-2-9(15(13)17)4-5-14(18)12-7-10-6-11(10)8-12/h1-3,10-12H,4-8H2/t10-,11+,12?. The van der Waals surface area contributed by atoms with E-state index < -0.39 is 0 Å². The molecule has 18 heavy (non-hydrogen) atoms. The molecule has 2 saturated carbocycles. The second kappa shape index (κ2) is 4.65. The minimum atomic E-state index is -0.374. The van der Waals surface area contributed by atoms with E-state index in [4.69, 9.17) is 11.6 Å². The highest BCUT2D eigenvalue weighted by Crippen LogP contribution is 2.54. The molecule has 2 fully saturated rings. The van der Waals surface area contributed by atoms with E-state index in [0.717, 1.165) is 24.7 Å². The second-order valence-corrected chi connectivity index (χ2v) is 6.01. The van der Waals surface area contributed by atoms with Gasteiger partial charge in [-0.1, -0.05) is 23.7 Å². The first-order chi connectivity index (χ1) is 8.65. The van der Waals surface area contributed by atoms with Crippen molar-refractivity contribution >= 4 is 17.4 Å². The van der Waals surface area contributed by atoms with Crippen LogP contribution in [0.15, 0.2) is 18.2 Å². The van der Waals surface area contributed by atoms with Crippen molar-refractivity contribution < 1.29 is 9.18 Å². The van der Waals surface area contributed by atoms with Crippen molar-refractivity contribution in [2.75, 3.05) is 0 Å². The Kier molecular flexibility index (Phi) is 3.14. The maximum atomic E-state index is 13.7. The van der Waals surface area contributed by atoms with Crippen LogP contribution in [-0.2, 0) is 11.2 Å². The summed E-state index contributed by atoms with van der Waals surface area (Å²) >= 11 is 5.72. The lowest BCUT2D eigenvalue weighted by atomic mass is 9.94. The molecule has 1 nitrogen and oxygen atoms in total. The van der Waals surface area contributed by atoms with Gasteiger partial charge >= 0.3 is 0 Å². The summed E-state index contributed by atoms with van der Waals surface area (Å²) < 4.78 is 13.7. The van der Waals surface area contributed by atoms with Crippen molar-refractivity contribution in [2.24, 2.45) is 17.8 Å². The molecular weight excluding hydrogens is 251 g/mol. The topological polar surface area (TPSA) is 17.1 Å². The first-order valence-electron chi connectivity index (χ1n) is 6.60. The third-order valence-electron chi connectivity index (χ3n) is 4.37. The van der Waals surface area contributed by atoms with Crippen LogP contribution in [-0.4, -0.2) is 5.78 Å². The van der Waals surface area contributed by atoms with E-state index in [2.05, 4.69) is 0 Å². The van der Waals surface area contributed by atoms with Crippen molar-refractivity contribution in [1.29, 1.82) is 0 Å². The number of rotatable bonds is 4. The van der Waals surface area contributed by atoms with Gasteiger partial charge in [0.25, 0.3) is 0 Å². The number of ketones is 1. The fraction of sp³-hybridized carbons (Fsp3) is 0.533. The van der Waals surface area contributed by atoms with Gasteiger partial charge in [0.2, 0.25) is 0 Å². The Hall–Kier alpha value is -0.890. The van der Waals surface area contributed by atoms with Crippen LogP contribution in [0.2, 0.25) is 5.02 Å².